The molecule has 1 aromatic rings. The molecule has 7 atom stereocenters. The van der Waals surface area contributed by atoms with Crippen LogP contribution in [0.5, 0.6) is 0 Å². The number of hydrogen-bond donors (Lipinski definition) is 0. The fourth-order valence-corrected chi connectivity index (χ4v) is 8.19. The summed E-state index contributed by atoms with van der Waals surface area (Å²) in [7, 11) is 0. The second kappa shape index (κ2) is 6.96. The Labute approximate surface area is 171 Å². The van der Waals surface area contributed by atoms with Crippen LogP contribution >= 0.6 is 0 Å². The highest BCUT2D eigenvalue weighted by Gasteiger charge is 2.59. The topological polar surface area (TPSA) is 25.2 Å². The van der Waals surface area contributed by atoms with Crippen LogP contribution in [-0.2, 0) is 6.54 Å². The minimum atomic E-state index is 0.362. The number of aliphatic imine (C=N–C) groups is 1. The maximum atomic E-state index is 5.15. The number of aromatic nitrogens is 1. The van der Waals surface area contributed by atoms with Gasteiger partial charge in [0.1, 0.15) is 0 Å². The van der Waals surface area contributed by atoms with Gasteiger partial charge in [-0.2, -0.15) is 0 Å². The molecule has 7 unspecified atom stereocenters. The van der Waals surface area contributed by atoms with E-state index < -0.39 is 0 Å². The van der Waals surface area contributed by atoms with Crippen molar-refractivity contribution < 1.29 is 0 Å². The van der Waals surface area contributed by atoms with Crippen LogP contribution in [0.3, 0.4) is 0 Å². The summed E-state index contributed by atoms with van der Waals surface area (Å²) < 4.78 is 0. The Kier molecular flexibility index (Phi) is 4.68. The van der Waals surface area contributed by atoms with E-state index in [2.05, 4.69) is 37.9 Å². The Balaban J connectivity index is 1.37. The van der Waals surface area contributed by atoms with Crippen molar-refractivity contribution in [1.29, 1.82) is 0 Å². The van der Waals surface area contributed by atoms with E-state index in [0.29, 0.717) is 10.8 Å². The smallest absolute Gasteiger partial charge is 0.0811 e. The number of nitrogens with zero attached hydrogens (tertiary/aromatic N) is 2. The lowest BCUT2D eigenvalue weighted by atomic mass is 9.45. The van der Waals surface area contributed by atoms with Crippen LogP contribution in [0, 0.1) is 40.4 Å². The third-order valence-corrected chi connectivity index (χ3v) is 9.83. The molecule has 0 bridgehead atoms. The van der Waals surface area contributed by atoms with Crippen molar-refractivity contribution in [2.75, 3.05) is 0 Å². The van der Waals surface area contributed by atoms with Gasteiger partial charge in [0.2, 0.25) is 0 Å². The molecule has 28 heavy (non-hydrogen) atoms. The summed E-state index contributed by atoms with van der Waals surface area (Å²) in [6.45, 7) is 8.51. The standard InChI is InChI=1S/C26H38N2/c1-18-11-13-25(2)19(16-18)7-8-21-22-9-10-24(26(22,3)14-12-23(21)25)28-17-20-6-4-5-15-27-20/h4-6,15,18-19,21-23H,7-14,16-17H2,1-3H3/b28-24+. The van der Waals surface area contributed by atoms with E-state index in [1.54, 1.807) is 0 Å². The summed E-state index contributed by atoms with van der Waals surface area (Å²) in [4.78, 5) is 9.64. The van der Waals surface area contributed by atoms with E-state index >= 15 is 0 Å². The van der Waals surface area contributed by atoms with Crippen molar-refractivity contribution in [1.82, 2.24) is 4.98 Å². The second-order valence-corrected chi connectivity index (χ2v) is 11.1. The molecule has 0 amide bonds. The first-order valence-corrected chi connectivity index (χ1v) is 11.9. The molecule has 0 aliphatic heterocycles. The van der Waals surface area contributed by atoms with Crippen molar-refractivity contribution >= 4 is 5.71 Å². The average Bonchev–Trinajstić information content (AvgIpc) is 3.04. The van der Waals surface area contributed by atoms with Crippen LogP contribution in [0.1, 0.15) is 84.3 Å². The van der Waals surface area contributed by atoms with Gasteiger partial charge in [0, 0.05) is 17.3 Å². The van der Waals surface area contributed by atoms with Gasteiger partial charge in [-0.05, 0) is 98.5 Å². The minimum absolute atomic E-state index is 0.362. The molecule has 0 radical (unpaired) electrons. The molecule has 0 spiro atoms. The quantitative estimate of drug-likeness (QED) is 0.562. The van der Waals surface area contributed by atoms with Crippen molar-refractivity contribution in [2.24, 2.45) is 45.4 Å². The monoisotopic (exact) mass is 378 g/mol. The predicted molar refractivity (Wildman–Crippen MR) is 116 cm³/mol. The molecule has 0 saturated heterocycles. The van der Waals surface area contributed by atoms with Gasteiger partial charge < -0.3 is 0 Å². The second-order valence-electron chi connectivity index (χ2n) is 11.1. The van der Waals surface area contributed by atoms with E-state index in [-0.39, 0.29) is 0 Å². The highest BCUT2D eigenvalue weighted by atomic mass is 14.8. The lowest BCUT2D eigenvalue weighted by molar-refractivity contribution is -0.101. The van der Waals surface area contributed by atoms with Gasteiger partial charge in [-0.15, -0.1) is 0 Å². The van der Waals surface area contributed by atoms with Crippen LogP contribution in [0.15, 0.2) is 29.4 Å². The fourth-order valence-electron chi connectivity index (χ4n) is 8.19. The molecule has 1 heterocycles. The van der Waals surface area contributed by atoms with Crippen LogP contribution in [0.4, 0.5) is 0 Å². The van der Waals surface area contributed by atoms with Crippen molar-refractivity contribution in [3.63, 3.8) is 0 Å². The van der Waals surface area contributed by atoms with Crippen LogP contribution < -0.4 is 0 Å². The summed E-state index contributed by atoms with van der Waals surface area (Å²) >= 11 is 0. The Hall–Kier alpha value is -1.18. The Morgan fingerprint density at radius 1 is 1.04 bits per heavy atom. The Morgan fingerprint density at radius 3 is 2.75 bits per heavy atom. The normalized spacial score (nSPS) is 46.7. The van der Waals surface area contributed by atoms with Gasteiger partial charge in [-0.3, -0.25) is 9.98 Å². The van der Waals surface area contributed by atoms with Crippen molar-refractivity contribution in [2.45, 2.75) is 85.1 Å². The predicted octanol–water partition coefficient (Wildman–Crippen LogP) is 6.70. The number of rotatable bonds is 2. The van der Waals surface area contributed by atoms with Gasteiger partial charge in [0.15, 0.2) is 0 Å². The van der Waals surface area contributed by atoms with E-state index in [4.69, 9.17) is 4.99 Å². The molecular formula is C26H38N2. The maximum absolute atomic E-state index is 5.15. The SMILES string of the molecule is CC1CCC2(C)C(CCC3C4CC/C(=N\Cc5ccccn5)C4(C)CCC32)C1. The molecule has 152 valence electrons. The maximum Gasteiger partial charge on any atom is 0.0811 e. The zero-order valence-electron chi connectivity index (χ0n) is 18.2. The molecule has 5 rings (SSSR count). The van der Waals surface area contributed by atoms with E-state index in [9.17, 15) is 0 Å². The largest absolute Gasteiger partial charge is 0.287 e. The third kappa shape index (κ3) is 2.89. The van der Waals surface area contributed by atoms with E-state index in [1.165, 1.54) is 63.5 Å². The van der Waals surface area contributed by atoms with Crippen molar-refractivity contribution in [3.05, 3.63) is 30.1 Å². The first-order chi connectivity index (χ1) is 13.5. The molecule has 2 nitrogen and oxygen atoms in total. The third-order valence-electron chi connectivity index (χ3n) is 9.83. The van der Waals surface area contributed by atoms with Gasteiger partial charge >= 0.3 is 0 Å². The molecule has 4 saturated carbocycles. The average molecular weight is 379 g/mol. The van der Waals surface area contributed by atoms with Crippen LogP contribution in [-0.4, -0.2) is 10.7 Å². The van der Waals surface area contributed by atoms with Gasteiger partial charge in [-0.25, -0.2) is 0 Å². The molecule has 0 N–H and O–H groups in total. The summed E-state index contributed by atoms with van der Waals surface area (Å²) in [5.74, 6) is 4.77. The summed E-state index contributed by atoms with van der Waals surface area (Å²) in [6.07, 6.45) is 14.8. The highest BCUT2D eigenvalue weighted by molar-refractivity contribution is 5.92. The van der Waals surface area contributed by atoms with Gasteiger partial charge in [0.05, 0.1) is 12.2 Å². The first kappa shape index (κ1) is 18.8. The summed E-state index contributed by atoms with van der Waals surface area (Å²) in [5, 5.41) is 0. The molecule has 2 heteroatoms. The number of pyridine rings is 1. The van der Waals surface area contributed by atoms with Crippen molar-refractivity contribution in [3.8, 4) is 0 Å². The first-order valence-electron chi connectivity index (χ1n) is 11.9. The molecule has 4 fully saturated rings. The molecule has 1 aromatic heterocycles. The molecule has 4 aliphatic rings. The Morgan fingerprint density at radius 2 is 1.93 bits per heavy atom. The molecule has 4 aliphatic carbocycles. The summed E-state index contributed by atoms with van der Waals surface area (Å²) in [5.41, 5.74) is 3.62. The molecule has 0 aromatic carbocycles. The number of hydrogen-bond acceptors (Lipinski definition) is 2. The zero-order chi connectivity index (χ0) is 19.4. The van der Waals surface area contributed by atoms with Crippen LogP contribution in [0.25, 0.3) is 0 Å². The lowest BCUT2D eigenvalue weighted by Gasteiger charge is -2.60. The highest BCUT2D eigenvalue weighted by Crippen LogP contribution is 2.66. The van der Waals surface area contributed by atoms with Gasteiger partial charge in [0.25, 0.3) is 0 Å². The number of fused-ring (bicyclic) bond motifs is 5. The summed E-state index contributed by atoms with van der Waals surface area (Å²) in [6, 6.07) is 6.19. The molecular weight excluding hydrogens is 340 g/mol. The van der Waals surface area contributed by atoms with Crippen LogP contribution in [0.2, 0.25) is 0 Å². The van der Waals surface area contributed by atoms with E-state index in [1.807, 2.05) is 12.3 Å². The van der Waals surface area contributed by atoms with Gasteiger partial charge in [-0.1, -0.05) is 33.3 Å². The zero-order valence-corrected chi connectivity index (χ0v) is 18.2. The fraction of sp³-hybridized carbons (Fsp3) is 0.769. The lowest BCUT2D eigenvalue weighted by Crippen LogP contribution is -2.53. The minimum Gasteiger partial charge on any atom is -0.287 e. The Bertz CT molecular complexity index is 740. The van der Waals surface area contributed by atoms with E-state index in [0.717, 1.165) is 41.8 Å².